The smallest absolute Gasteiger partial charge is 0.319 e. The molecule has 0 aliphatic carbocycles. The molecule has 1 fully saturated rings. The minimum absolute atomic E-state index is 0.0303. The van der Waals surface area contributed by atoms with Gasteiger partial charge in [-0.25, -0.2) is 4.79 Å². The lowest BCUT2D eigenvalue weighted by Gasteiger charge is -2.30. The summed E-state index contributed by atoms with van der Waals surface area (Å²) in [6.45, 7) is 3.45. The van der Waals surface area contributed by atoms with Crippen molar-refractivity contribution in [3.05, 3.63) is 59.7 Å². The number of benzene rings is 2. The largest absolute Gasteiger partial charge is 0.496 e. The molecule has 2 aromatic carbocycles. The summed E-state index contributed by atoms with van der Waals surface area (Å²) < 4.78 is 5.48. The quantitative estimate of drug-likeness (QED) is 0.496. The van der Waals surface area contributed by atoms with Crippen molar-refractivity contribution in [2.75, 3.05) is 38.6 Å². The van der Waals surface area contributed by atoms with Crippen molar-refractivity contribution < 1.29 is 14.3 Å². The van der Waals surface area contributed by atoms with E-state index in [-0.39, 0.29) is 17.9 Å². The number of piperidine rings is 1. The molecule has 0 bridgehead atoms. The van der Waals surface area contributed by atoms with Crippen LogP contribution in [0, 0.1) is 5.92 Å². The zero-order valence-electron chi connectivity index (χ0n) is 18.8. The first-order chi connectivity index (χ1) is 15.5. The number of primary amides is 1. The van der Waals surface area contributed by atoms with E-state index < -0.39 is 0 Å². The first-order valence-corrected chi connectivity index (χ1v) is 11.3. The molecule has 32 heavy (non-hydrogen) atoms. The van der Waals surface area contributed by atoms with Crippen molar-refractivity contribution in [1.29, 1.82) is 0 Å². The van der Waals surface area contributed by atoms with E-state index in [1.807, 2.05) is 36.4 Å². The number of carbonyl (C=O) groups excluding carboxylic acids is 2. The van der Waals surface area contributed by atoms with Crippen molar-refractivity contribution in [3.8, 4) is 5.75 Å². The topological polar surface area (TPSA) is 96.7 Å². The molecule has 7 nitrogen and oxygen atoms in total. The highest BCUT2D eigenvalue weighted by Gasteiger charge is 2.22. The van der Waals surface area contributed by atoms with Crippen LogP contribution in [0.15, 0.2) is 48.5 Å². The van der Waals surface area contributed by atoms with Gasteiger partial charge in [0.05, 0.1) is 7.11 Å². The number of anilines is 1. The summed E-state index contributed by atoms with van der Waals surface area (Å²) >= 11 is 0. The van der Waals surface area contributed by atoms with Gasteiger partial charge in [-0.15, -0.1) is 0 Å². The van der Waals surface area contributed by atoms with E-state index in [4.69, 9.17) is 10.5 Å². The van der Waals surface area contributed by atoms with Crippen molar-refractivity contribution in [3.63, 3.8) is 0 Å². The van der Waals surface area contributed by atoms with Crippen molar-refractivity contribution in [2.24, 2.45) is 11.7 Å². The SMILES string of the molecule is COc1ccc(NC(=O)NCCCCN2CCC(C(N)=O)CC2)cc1Cc1ccccc1. The minimum Gasteiger partial charge on any atom is -0.496 e. The Bertz CT molecular complexity index is 880. The molecule has 1 aliphatic heterocycles. The summed E-state index contributed by atoms with van der Waals surface area (Å²) in [4.78, 5) is 25.9. The van der Waals surface area contributed by atoms with Crippen LogP contribution in [-0.2, 0) is 11.2 Å². The number of urea groups is 1. The highest BCUT2D eigenvalue weighted by Crippen LogP contribution is 2.25. The summed E-state index contributed by atoms with van der Waals surface area (Å²) in [5.74, 6) is 0.659. The number of nitrogens with two attached hydrogens (primary N) is 1. The zero-order valence-corrected chi connectivity index (χ0v) is 18.8. The van der Waals surface area contributed by atoms with Gasteiger partial charge in [-0.2, -0.15) is 0 Å². The Kier molecular flexibility index (Phi) is 8.92. The summed E-state index contributed by atoms with van der Waals surface area (Å²) in [7, 11) is 1.66. The van der Waals surface area contributed by atoms with Gasteiger partial charge in [0, 0.05) is 30.1 Å². The maximum absolute atomic E-state index is 12.3. The third-order valence-corrected chi connectivity index (χ3v) is 5.95. The summed E-state index contributed by atoms with van der Waals surface area (Å²) in [5, 5.41) is 5.84. The Morgan fingerprint density at radius 3 is 2.53 bits per heavy atom. The van der Waals surface area contributed by atoms with Gasteiger partial charge in [-0.1, -0.05) is 30.3 Å². The third kappa shape index (κ3) is 7.27. The number of nitrogens with zero attached hydrogens (tertiary/aromatic N) is 1. The molecule has 0 aromatic heterocycles. The molecule has 1 aliphatic rings. The van der Waals surface area contributed by atoms with E-state index in [9.17, 15) is 9.59 Å². The Hall–Kier alpha value is -3.06. The van der Waals surface area contributed by atoms with E-state index >= 15 is 0 Å². The molecule has 1 heterocycles. The fourth-order valence-corrected chi connectivity index (χ4v) is 4.09. The molecule has 7 heteroatoms. The number of rotatable bonds is 10. The molecular formula is C25H34N4O3. The maximum Gasteiger partial charge on any atom is 0.319 e. The molecule has 3 amide bonds. The lowest BCUT2D eigenvalue weighted by atomic mass is 9.96. The van der Waals surface area contributed by atoms with Crippen LogP contribution in [0.1, 0.15) is 36.8 Å². The van der Waals surface area contributed by atoms with Gasteiger partial charge in [-0.3, -0.25) is 4.79 Å². The molecule has 172 valence electrons. The van der Waals surface area contributed by atoms with E-state index in [0.717, 1.165) is 68.7 Å². The second-order valence-electron chi connectivity index (χ2n) is 8.30. The minimum atomic E-state index is -0.205. The Morgan fingerprint density at radius 2 is 1.84 bits per heavy atom. The summed E-state index contributed by atoms with van der Waals surface area (Å²) in [6.07, 6.45) is 4.35. The van der Waals surface area contributed by atoms with E-state index in [1.54, 1.807) is 7.11 Å². The average Bonchev–Trinajstić information content (AvgIpc) is 2.80. The van der Waals surface area contributed by atoms with E-state index in [0.29, 0.717) is 6.54 Å². The highest BCUT2D eigenvalue weighted by atomic mass is 16.5. The Balaban J connectivity index is 1.38. The second-order valence-corrected chi connectivity index (χ2v) is 8.30. The summed E-state index contributed by atoms with van der Waals surface area (Å²) in [6, 6.07) is 15.7. The average molecular weight is 439 g/mol. The normalized spacial score (nSPS) is 14.7. The van der Waals surface area contributed by atoms with Gasteiger partial charge < -0.3 is 26.0 Å². The van der Waals surface area contributed by atoms with Gasteiger partial charge in [0.1, 0.15) is 5.75 Å². The predicted molar refractivity (Wildman–Crippen MR) is 127 cm³/mol. The molecule has 0 spiro atoms. The summed E-state index contributed by atoms with van der Waals surface area (Å²) in [5.41, 5.74) is 8.34. The van der Waals surface area contributed by atoms with Gasteiger partial charge >= 0.3 is 6.03 Å². The standard InChI is InChI=1S/C25H34N4O3/c1-32-23-10-9-22(18-21(23)17-19-7-3-2-4-8-19)28-25(31)27-13-5-6-14-29-15-11-20(12-16-29)24(26)30/h2-4,7-10,18,20H,5-6,11-17H2,1H3,(H2,26,30)(H2,27,28,31). The van der Waals surface area contributed by atoms with E-state index in [2.05, 4.69) is 27.7 Å². The van der Waals surface area contributed by atoms with Gasteiger partial charge in [0.2, 0.25) is 5.91 Å². The van der Waals surface area contributed by atoms with E-state index in [1.165, 1.54) is 5.56 Å². The number of nitrogens with one attached hydrogen (secondary N) is 2. The van der Waals surface area contributed by atoms with Gasteiger partial charge in [-0.05, 0) is 69.1 Å². The van der Waals surface area contributed by atoms with Crippen LogP contribution in [-0.4, -0.2) is 50.1 Å². The van der Waals surface area contributed by atoms with Crippen LogP contribution >= 0.6 is 0 Å². The number of hydrogen-bond acceptors (Lipinski definition) is 4. The fraction of sp³-hybridized carbons (Fsp3) is 0.440. The Morgan fingerprint density at radius 1 is 1.09 bits per heavy atom. The van der Waals surface area contributed by atoms with Crippen molar-refractivity contribution >= 4 is 17.6 Å². The second kappa shape index (κ2) is 12.1. The molecular weight excluding hydrogens is 404 g/mol. The van der Waals surface area contributed by atoms with Crippen LogP contribution in [0.25, 0.3) is 0 Å². The molecule has 1 saturated heterocycles. The van der Waals surface area contributed by atoms with Crippen LogP contribution in [0.2, 0.25) is 0 Å². The fourth-order valence-electron chi connectivity index (χ4n) is 4.09. The monoisotopic (exact) mass is 438 g/mol. The number of ether oxygens (including phenoxy) is 1. The molecule has 0 radical (unpaired) electrons. The number of unbranched alkanes of at least 4 members (excludes halogenated alkanes) is 1. The van der Waals surface area contributed by atoms with Gasteiger partial charge in [0.15, 0.2) is 0 Å². The predicted octanol–water partition coefficient (Wildman–Crippen LogP) is 3.39. The van der Waals surface area contributed by atoms with Crippen LogP contribution in [0.4, 0.5) is 10.5 Å². The number of carbonyl (C=O) groups is 2. The highest BCUT2D eigenvalue weighted by molar-refractivity contribution is 5.89. The molecule has 3 rings (SSSR count). The number of hydrogen-bond donors (Lipinski definition) is 3. The lowest BCUT2D eigenvalue weighted by Crippen LogP contribution is -2.39. The van der Waals surface area contributed by atoms with Crippen LogP contribution in [0.3, 0.4) is 0 Å². The van der Waals surface area contributed by atoms with Crippen molar-refractivity contribution in [1.82, 2.24) is 10.2 Å². The van der Waals surface area contributed by atoms with Crippen molar-refractivity contribution in [2.45, 2.75) is 32.1 Å². The molecule has 0 atom stereocenters. The van der Waals surface area contributed by atoms with Crippen LogP contribution < -0.4 is 21.1 Å². The molecule has 2 aromatic rings. The third-order valence-electron chi connectivity index (χ3n) is 5.95. The number of likely N-dealkylation sites (tertiary alicyclic amines) is 1. The Labute approximate surface area is 190 Å². The number of amides is 3. The van der Waals surface area contributed by atoms with Crippen LogP contribution in [0.5, 0.6) is 5.75 Å². The molecule has 0 unspecified atom stereocenters. The lowest BCUT2D eigenvalue weighted by molar-refractivity contribution is -0.123. The first-order valence-electron chi connectivity index (χ1n) is 11.3. The maximum atomic E-state index is 12.3. The first kappa shape index (κ1) is 23.6. The zero-order chi connectivity index (χ0) is 22.8. The van der Waals surface area contributed by atoms with Gasteiger partial charge in [0.25, 0.3) is 0 Å². The number of methoxy groups -OCH3 is 1. The molecule has 4 N–H and O–H groups in total. The molecule has 0 saturated carbocycles.